The fourth-order valence-electron chi connectivity index (χ4n) is 6.95. The molecule has 0 unspecified atom stereocenters. The topological polar surface area (TPSA) is 47.6 Å². The molecule has 0 amide bonds. The van der Waals surface area contributed by atoms with E-state index in [9.17, 15) is 34.5 Å². The third kappa shape index (κ3) is 26.1. The molecule has 0 saturated heterocycles. The van der Waals surface area contributed by atoms with Gasteiger partial charge >= 0.3 is 34.0 Å². The molecule has 0 aliphatic rings. The summed E-state index contributed by atoms with van der Waals surface area (Å²) in [6, 6.07) is 92.4. The fourth-order valence-corrected chi connectivity index (χ4v) is 22.4. The third-order valence-electron chi connectivity index (χ3n) is 9.69. The second-order valence-electron chi connectivity index (χ2n) is 14.6. The predicted molar refractivity (Wildman–Crippen MR) is 295 cm³/mol. The van der Waals surface area contributed by atoms with Gasteiger partial charge in [0, 0.05) is 13.8 Å². The van der Waals surface area contributed by atoms with E-state index >= 15 is 0 Å². The number of nitrogens with zero attached hydrogens (tertiary/aromatic N) is 2. The van der Waals surface area contributed by atoms with Crippen LogP contribution < -0.4 is 42.4 Å². The molecular weight excluding hydrogens is 1080 g/mol. The van der Waals surface area contributed by atoms with E-state index < -0.39 is 46.2 Å². The fraction of sp³-hybridized carbons (Fsp3) is 0.0741. The van der Waals surface area contributed by atoms with Gasteiger partial charge in [-0.15, -0.1) is 0 Å². The van der Waals surface area contributed by atoms with E-state index in [1.807, 2.05) is 0 Å². The molecule has 0 bridgehead atoms. The molecule has 0 heterocycles. The second kappa shape index (κ2) is 34.9. The van der Waals surface area contributed by atoms with Gasteiger partial charge < -0.3 is 34.5 Å². The van der Waals surface area contributed by atoms with Crippen molar-refractivity contribution in [1.82, 2.24) is 0 Å². The van der Waals surface area contributed by atoms with Crippen molar-refractivity contribution < 1.29 is 54.0 Å². The number of hydrogen-bond donors (Lipinski definition) is 0. The van der Waals surface area contributed by atoms with Crippen molar-refractivity contribution in [3.63, 3.8) is 0 Å². The van der Waals surface area contributed by atoms with Crippen LogP contribution in [-0.4, -0.2) is 26.3 Å². The number of rotatable bonds is 12. The Morgan fingerprint density at radius 2 is 0.366 bits per heavy atom. The van der Waals surface area contributed by atoms with Gasteiger partial charge in [-0.05, 0) is 97.1 Å². The summed E-state index contributed by atoms with van der Waals surface area (Å²) in [6.07, 6.45) is 0. The average Bonchev–Trinajstić information content (AvgIpc) is 3.36. The van der Waals surface area contributed by atoms with E-state index in [4.69, 9.17) is 10.5 Å². The Labute approximate surface area is 431 Å². The monoisotopic (exact) mass is 1130 g/mol. The molecule has 2 nitrogen and oxygen atoms in total. The molecule has 17 heteroatoms. The Bertz CT molecular complexity index is 2140. The molecular formula is C54H54B2F8N2P4Ru+4. The Balaban J connectivity index is 0.000000370. The van der Waals surface area contributed by atoms with E-state index in [1.54, 1.807) is 12.1 Å². The summed E-state index contributed by atoms with van der Waals surface area (Å²) in [5.41, 5.74) is 0. The second-order valence-corrected chi connectivity index (χ2v) is 25.9. The van der Waals surface area contributed by atoms with E-state index in [1.165, 1.54) is 68.1 Å². The predicted octanol–water partition coefficient (Wildman–Crippen LogP) is 13.0. The van der Waals surface area contributed by atoms with E-state index in [2.05, 4.69) is 243 Å². The number of nitriles is 2. The molecule has 0 aliphatic heterocycles. The van der Waals surface area contributed by atoms with Crippen LogP contribution in [0.2, 0.25) is 0 Å². The normalized spacial score (nSPS) is 10.3. The minimum absolute atomic E-state index is 0. The first-order chi connectivity index (χ1) is 33.7. The standard InChI is InChI=1S/2C25H22P2.2C2H3N.2BF4.Ru/c2*1-5-13-22(14-6-1)26(23-15-7-2-8-16-23)21-27(24-17-9-3-10-18-24)25-19-11-4-12-20-25;2*1-2-3;2*2-1(3,4)5;/h2*1-20H,21H2;2*1H3;;;/q;;;;2*-1;+2/p+4. The Morgan fingerprint density at radius 3 is 0.451 bits per heavy atom. The summed E-state index contributed by atoms with van der Waals surface area (Å²) in [5, 5.41) is 26.7. The van der Waals surface area contributed by atoms with Crippen LogP contribution in [0.3, 0.4) is 0 Å². The summed E-state index contributed by atoms with van der Waals surface area (Å²) in [7, 11) is -15.4. The van der Waals surface area contributed by atoms with Gasteiger partial charge in [-0.25, -0.2) is 0 Å². The molecule has 0 fully saturated rings. The Morgan fingerprint density at radius 1 is 0.282 bits per heavy atom. The smallest absolute Gasteiger partial charge is 0.418 e. The maximum Gasteiger partial charge on any atom is 2.00 e. The molecule has 0 aromatic heterocycles. The van der Waals surface area contributed by atoms with Crippen molar-refractivity contribution >= 4 is 88.6 Å². The number of benzene rings is 8. The van der Waals surface area contributed by atoms with Crippen LogP contribution in [0.25, 0.3) is 0 Å². The van der Waals surface area contributed by atoms with E-state index in [0.29, 0.717) is 0 Å². The minimum Gasteiger partial charge on any atom is -0.418 e. The van der Waals surface area contributed by atoms with Crippen LogP contribution in [0.15, 0.2) is 243 Å². The van der Waals surface area contributed by atoms with Gasteiger partial charge in [-0.2, -0.15) is 10.5 Å². The molecule has 0 aliphatic carbocycles. The van der Waals surface area contributed by atoms with Crippen LogP contribution in [0, 0.1) is 22.7 Å². The van der Waals surface area contributed by atoms with Crippen LogP contribution >= 0.6 is 31.7 Å². The van der Waals surface area contributed by atoms with Crippen molar-refractivity contribution in [3.05, 3.63) is 243 Å². The van der Waals surface area contributed by atoms with Crippen LogP contribution in [0.1, 0.15) is 13.8 Å². The first kappa shape index (κ1) is 61.8. The minimum atomic E-state index is -6.00. The van der Waals surface area contributed by atoms with Gasteiger partial charge in [0.05, 0.1) is 12.1 Å². The van der Waals surface area contributed by atoms with Crippen LogP contribution in [0.4, 0.5) is 34.5 Å². The summed E-state index contributed by atoms with van der Waals surface area (Å²) < 4.78 is 78.0. The first-order valence-corrected chi connectivity index (χ1v) is 28.7. The van der Waals surface area contributed by atoms with Gasteiger partial charge in [0.15, 0.2) is 11.8 Å². The van der Waals surface area contributed by atoms with Gasteiger partial charge in [0.1, 0.15) is 74.1 Å². The summed E-state index contributed by atoms with van der Waals surface area (Å²) in [5.74, 6) is 2.49. The third-order valence-corrected chi connectivity index (χ3v) is 23.6. The molecule has 0 saturated carbocycles. The average molecular weight is 1130 g/mol. The van der Waals surface area contributed by atoms with Gasteiger partial charge in [0.2, 0.25) is 0 Å². The number of halogens is 8. The SMILES string of the molecule is CC#N.CC#N.F[B-](F)(F)F.F[B-](F)(F)F.[Ru+2].c1ccc([PH+](C[PH+](c2ccccc2)c2ccccc2)c2ccccc2)cc1.c1ccc([PH+](C[PH+](c2ccccc2)c2ccccc2)c2ccccc2)cc1. The van der Waals surface area contributed by atoms with Gasteiger partial charge in [0.25, 0.3) is 0 Å². The molecule has 8 aromatic carbocycles. The zero-order valence-electron chi connectivity index (χ0n) is 38.9. The summed E-state index contributed by atoms with van der Waals surface area (Å²) in [4.78, 5) is 0. The molecule has 0 spiro atoms. The first-order valence-electron chi connectivity index (χ1n) is 21.9. The largest absolute Gasteiger partial charge is 2.00 e. The number of hydrogen-bond acceptors (Lipinski definition) is 2. The van der Waals surface area contributed by atoms with Crippen molar-refractivity contribution in [3.8, 4) is 12.1 Å². The molecule has 366 valence electrons. The van der Waals surface area contributed by atoms with Gasteiger partial charge in [-0.3, -0.25) is 0 Å². The Kier molecular flexibility index (Phi) is 30.4. The van der Waals surface area contributed by atoms with Crippen molar-refractivity contribution in [2.24, 2.45) is 0 Å². The van der Waals surface area contributed by atoms with Crippen LogP contribution in [-0.2, 0) is 19.5 Å². The van der Waals surface area contributed by atoms with Crippen molar-refractivity contribution in [1.29, 1.82) is 10.5 Å². The molecule has 8 rings (SSSR count). The summed E-state index contributed by atoms with van der Waals surface area (Å²) >= 11 is 0. The Hall–Kier alpha value is -5.35. The molecule has 71 heavy (non-hydrogen) atoms. The zero-order chi connectivity index (χ0) is 51.0. The zero-order valence-corrected chi connectivity index (χ0v) is 44.7. The quantitative estimate of drug-likeness (QED) is 0.0695. The van der Waals surface area contributed by atoms with Crippen molar-refractivity contribution in [2.75, 3.05) is 11.8 Å². The van der Waals surface area contributed by atoms with Gasteiger partial charge in [-0.1, -0.05) is 146 Å². The van der Waals surface area contributed by atoms with E-state index in [0.717, 1.165) is 0 Å². The maximum absolute atomic E-state index is 9.75. The molecule has 8 aromatic rings. The van der Waals surface area contributed by atoms with Crippen LogP contribution in [0.5, 0.6) is 0 Å². The molecule has 0 radical (unpaired) electrons. The maximum atomic E-state index is 9.75. The van der Waals surface area contributed by atoms with E-state index in [-0.39, 0.29) is 19.5 Å². The molecule has 0 N–H and O–H groups in total. The molecule has 0 atom stereocenters. The van der Waals surface area contributed by atoms with Crippen molar-refractivity contribution in [2.45, 2.75) is 13.8 Å². The summed E-state index contributed by atoms with van der Waals surface area (Å²) in [6.45, 7) is 2.86.